The van der Waals surface area contributed by atoms with Crippen LogP contribution in [-0.2, 0) is 9.59 Å². The SMILES string of the molecule is CC(=O)N1C(=O)N(C(C)=O)[C@@H](c2ccccc2)[C@@H]1c1ccccc1. The fraction of sp³-hybridized carbons (Fsp3) is 0.211. The first kappa shape index (κ1) is 15.9. The number of carbonyl (C=O) groups is 3. The number of benzene rings is 2. The Kier molecular flexibility index (Phi) is 4.16. The lowest BCUT2D eigenvalue weighted by molar-refractivity contribution is -0.127. The quantitative estimate of drug-likeness (QED) is 0.852. The molecule has 2 aromatic rings. The van der Waals surface area contributed by atoms with E-state index < -0.39 is 18.1 Å². The Morgan fingerprint density at radius 3 is 1.33 bits per heavy atom. The van der Waals surface area contributed by atoms with E-state index in [1.165, 1.54) is 23.6 Å². The molecule has 5 nitrogen and oxygen atoms in total. The van der Waals surface area contributed by atoms with E-state index in [0.717, 1.165) is 11.1 Å². The molecular weight excluding hydrogens is 304 g/mol. The number of imide groups is 2. The predicted molar refractivity (Wildman–Crippen MR) is 88.8 cm³/mol. The van der Waals surface area contributed by atoms with Gasteiger partial charge in [-0.15, -0.1) is 0 Å². The number of urea groups is 1. The molecule has 1 saturated heterocycles. The van der Waals surface area contributed by atoms with E-state index in [0.29, 0.717) is 0 Å². The van der Waals surface area contributed by atoms with Crippen LogP contribution in [0.5, 0.6) is 0 Å². The topological polar surface area (TPSA) is 57.7 Å². The van der Waals surface area contributed by atoms with E-state index in [1.807, 2.05) is 60.7 Å². The van der Waals surface area contributed by atoms with Crippen molar-refractivity contribution in [3.8, 4) is 0 Å². The first-order valence-electron chi connectivity index (χ1n) is 7.76. The summed E-state index contributed by atoms with van der Waals surface area (Å²) in [7, 11) is 0. The van der Waals surface area contributed by atoms with Gasteiger partial charge in [0, 0.05) is 13.8 Å². The Morgan fingerprint density at radius 1 is 0.708 bits per heavy atom. The lowest BCUT2D eigenvalue weighted by atomic mass is 9.93. The van der Waals surface area contributed by atoms with Gasteiger partial charge in [0.15, 0.2) is 0 Å². The molecule has 1 aliphatic heterocycles. The molecule has 0 radical (unpaired) electrons. The second kappa shape index (κ2) is 6.28. The lowest BCUT2D eigenvalue weighted by Crippen LogP contribution is -2.37. The van der Waals surface area contributed by atoms with Crippen molar-refractivity contribution in [2.24, 2.45) is 0 Å². The van der Waals surface area contributed by atoms with Gasteiger partial charge >= 0.3 is 6.03 Å². The van der Waals surface area contributed by atoms with Crippen LogP contribution in [0.2, 0.25) is 0 Å². The summed E-state index contributed by atoms with van der Waals surface area (Å²) < 4.78 is 0. The maximum absolute atomic E-state index is 12.8. The van der Waals surface area contributed by atoms with Crippen LogP contribution in [0.4, 0.5) is 4.79 Å². The monoisotopic (exact) mass is 322 g/mol. The molecular formula is C19H18N2O3. The number of hydrogen-bond acceptors (Lipinski definition) is 3. The van der Waals surface area contributed by atoms with Gasteiger partial charge in [-0.3, -0.25) is 19.4 Å². The molecule has 0 saturated carbocycles. The van der Waals surface area contributed by atoms with Crippen LogP contribution >= 0.6 is 0 Å². The summed E-state index contributed by atoms with van der Waals surface area (Å²) in [5, 5.41) is 0. The Hall–Kier alpha value is -2.95. The van der Waals surface area contributed by atoms with Crippen LogP contribution < -0.4 is 0 Å². The normalized spacial score (nSPS) is 20.3. The minimum Gasteiger partial charge on any atom is -0.275 e. The van der Waals surface area contributed by atoms with Crippen LogP contribution in [0.1, 0.15) is 37.1 Å². The second-order valence-corrected chi connectivity index (χ2v) is 5.77. The molecule has 0 aromatic heterocycles. The van der Waals surface area contributed by atoms with E-state index in [2.05, 4.69) is 0 Å². The van der Waals surface area contributed by atoms with Gasteiger partial charge in [0.05, 0.1) is 12.1 Å². The largest absolute Gasteiger partial charge is 0.334 e. The van der Waals surface area contributed by atoms with Crippen molar-refractivity contribution in [2.45, 2.75) is 25.9 Å². The zero-order valence-corrected chi connectivity index (χ0v) is 13.5. The molecule has 2 aromatic carbocycles. The molecule has 1 aliphatic rings. The molecule has 0 unspecified atom stereocenters. The van der Waals surface area contributed by atoms with Crippen molar-refractivity contribution in [3.05, 3.63) is 71.8 Å². The van der Waals surface area contributed by atoms with E-state index in [4.69, 9.17) is 0 Å². The van der Waals surface area contributed by atoms with E-state index in [9.17, 15) is 14.4 Å². The third kappa shape index (κ3) is 2.58. The first-order chi connectivity index (χ1) is 11.5. The first-order valence-corrected chi connectivity index (χ1v) is 7.76. The average Bonchev–Trinajstić information content (AvgIpc) is 2.90. The molecule has 24 heavy (non-hydrogen) atoms. The van der Waals surface area contributed by atoms with Crippen LogP contribution in [0, 0.1) is 0 Å². The Balaban J connectivity index is 2.20. The van der Waals surface area contributed by atoms with Gasteiger partial charge in [0.2, 0.25) is 11.8 Å². The highest BCUT2D eigenvalue weighted by molar-refractivity contribution is 6.03. The van der Waals surface area contributed by atoms with Crippen molar-refractivity contribution in [2.75, 3.05) is 0 Å². The summed E-state index contributed by atoms with van der Waals surface area (Å²) in [5.41, 5.74) is 1.64. The molecule has 1 fully saturated rings. The molecule has 0 N–H and O–H groups in total. The molecule has 2 atom stereocenters. The molecule has 0 spiro atoms. The van der Waals surface area contributed by atoms with Gasteiger partial charge in [0.1, 0.15) is 0 Å². The fourth-order valence-corrected chi connectivity index (χ4v) is 3.26. The lowest BCUT2D eigenvalue weighted by Gasteiger charge is -2.26. The van der Waals surface area contributed by atoms with Crippen LogP contribution in [0.3, 0.4) is 0 Å². The average molecular weight is 322 g/mol. The fourth-order valence-electron chi connectivity index (χ4n) is 3.26. The highest BCUT2D eigenvalue weighted by atomic mass is 16.2. The molecule has 0 aliphatic carbocycles. The van der Waals surface area contributed by atoms with E-state index >= 15 is 0 Å². The molecule has 122 valence electrons. The number of nitrogens with zero attached hydrogens (tertiary/aromatic N) is 2. The van der Waals surface area contributed by atoms with E-state index in [1.54, 1.807) is 0 Å². The van der Waals surface area contributed by atoms with Crippen molar-refractivity contribution in [1.82, 2.24) is 9.80 Å². The Morgan fingerprint density at radius 2 is 1.04 bits per heavy atom. The van der Waals surface area contributed by atoms with Gasteiger partial charge in [-0.2, -0.15) is 0 Å². The Bertz CT molecular complexity index is 708. The molecule has 5 heteroatoms. The van der Waals surface area contributed by atoms with Crippen LogP contribution in [0.25, 0.3) is 0 Å². The summed E-state index contributed by atoms with van der Waals surface area (Å²) in [4.78, 5) is 39.4. The number of carbonyl (C=O) groups excluding carboxylic acids is 3. The number of hydrogen-bond donors (Lipinski definition) is 0. The maximum atomic E-state index is 12.8. The number of rotatable bonds is 2. The van der Waals surface area contributed by atoms with Gasteiger partial charge in [-0.25, -0.2) is 4.79 Å². The van der Waals surface area contributed by atoms with Crippen LogP contribution in [-0.4, -0.2) is 27.6 Å². The summed E-state index contributed by atoms with van der Waals surface area (Å²) in [6.07, 6.45) is 0. The van der Waals surface area contributed by atoms with Gasteiger partial charge in [-0.1, -0.05) is 60.7 Å². The zero-order chi connectivity index (χ0) is 17.3. The summed E-state index contributed by atoms with van der Waals surface area (Å²) in [6.45, 7) is 2.69. The third-order valence-electron chi connectivity index (χ3n) is 4.23. The highest BCUT2D eigenvalue weighted by Gasteiger charge is 2.50. The van der Waals surface area contributed by atoms with Crippen molar-refractivity contribution in [3.63, 3.8) is 0 Å². The molecule has 3 rings (SSSR count). The maximum Gasteiger partial charge on any atom is 0.334 e. The highest BCUT2D eigenvalue weighted by Crippen LogP contribution is 2.45. The minimum absolute atomic E-state index is 0.376. The number of amides is 4. The van der Waals surface area contributed by atoms with Crippen molar-refractivity contribution in [1.29, 1.82) is 0 Å². The summed E-state index contributed by atoms with van der Waals surface area (Å²) in [5.74, 6) is -0.753. The van der Waals surface area contributed by atoms with Crippen LogP contribution in [0.15, 0.2) is 60.7 Å². The summed E-state index contributed by atoms with van der Waals surface area (Å²) >= 11 is 0. The standard InChI is InChI=1S/C19H18N2O3/c1-13(22)20-17(15-9-5-3-6-10-15)18(16-11-7-4-8-12-16)21(14(2)23)19(20)24/h3-12,17-18H,1-2H3/t17-,18-/m0/s1. The second-order valence-electron chi connectivity index (χ2n) is 5.77. The predicted octanol–water partition coefficient (Wildman–Crippen LogP) is 3.30. The molecule has 4 amide bonds. The third-order valence-corrected chi connectivity index (χ3v) is 4.23. The van der Waals surface area contributed by atoms with E-state index in [-0.39, 0.29) is 11.8 Å². The summed E-state index contributed by atoms with van der Waals surface area (Å²) in [6, 6.07) is 17.0. The van der Waals surface area contributed by atoms with Gasteiger partial charge in [0.25, 0.3) is 0 Å². The Labute approximate surface area is 140 Å². The molecule has 0 bridgehead atoms. The van der Waals surface area contributed by atoms with Crippen molar-refractivity contribution < 1.29 is 14.4 Å². The molecule has 1 heterocycles. The smallest absolute Gasteiger partial charge is 0.275 e. The zero-order valence-electron chi connectivity index (χ0n) is 13.5. The van der Waals surface area contributed by atoms with Crippen molar-refractivity contribution >= 4 is 17.8 Å². The van der Waals surface area contributed by atoms with Gasteiger partial charge < -0.3 is 0 Å². The van der Waals surface area contributed by atoms with Gasteiger partial charge in [-0.05, 0) is 11.1 Å². The minimum atomic E-state index is -0.572.